The minimum Gasteiger partial charge on any atom is -0.444 e. The molecule has 8 heteroatoms. The van der Waals surface area contributed by atoms with Gasteiger partial charge in [-0.05, 0) is 46.3 Å². The van der Waals surface area contributed by atoms with Gasteiger partial charge in [0.05, 0.1) is 5.02 Å². The lowest BCUT2D eigenvalue weighted by Gasteiger charge is -2.08. The molecular weight excluding hydrogens is 359 g/mol. The highest BCUT2D eigenvalue weighted by Crippen LogP contribution is 2.29. The van der Waals surface area contributed by atoms with Crippen molar-refractivity contribution in [3.63, 3.8) is 0 Å². The van der Waals surface area contributed by atoms with Crippen molar-refractivity contribution in [2.45, 2.75) is 6.61 Å². The second kappa shape index (κ2) is 6.23. The Morgan fingerprint density at radius 3 is 2.65 bits per heavy atom. The molecule has 0 atom stereocenters. The van der Waals surface area contributed by atoms with Crippen molar-refractivity contribution < 1.29 is 22.7 Å². The molecule has 1 amide bonds. The van der Waals surface area contributed by atoms with Crippen LogP contribution in [-0.2, 0) is 0 Å². The van der Waals surface area contributed by atoms with Gasteiger partial charge in [0, 0.05) is 5.69 Å². The number of benzene rings is 1. The van der Waals surface area contributed by atoms with Gasteiger partial charge in [-0.3, -0.25) is 4.79 Å². The molecule has 0 aliphatic heterocycles. The lowest BCUT2D eigenvalue weighted by Crippen LogP contribution is -2.11. The van der Waals surface area contributed by atoms with Gasteiger partial charge in [0.1, 0.15) is 5.75 Å². The van der Waals surface area contributed by atoms with E-state index in [1.165, 1.54) is 24.3 Å². The van der Waals surface area contributed by atoms with Crippen LogP contribution in [0.4, 0.5) is 14.5 Å². The van der Waals surface area contributed by atoms with E-state index in [0.29, 0.717) is 10.4 Å². The van der Waals surface area contributed by atoms with E-state index in [2.05, 4.69) is 26.0 Å². The molecule has 1 aromatic heterocycles. The number of furan rings is 1. The molecule has 106 valence electrons. The molecule has 0 unspecified atom stereocenters. The smallest absolute Gasteiger partial charge is 0.387 e. The molecule has 1 aromatic carbocycles. The first kappa shape index (κ1) is 14.8. The maximum Gasteiger partial charge on any atom is 0.387 e. The van der Waals surface area contributed by atoms with Crippen molar-refractivity contribution in [1.82, 2.24) is 0 Å². The Kier molecular flexibility index (Phi) is 4.61. The second-order valence-electron chi connectivity index (χ2n) is 3.58. The van der Waals surface area contributed by atoms with Crippen LogP contribution in [0.1, 0.15) is 10.6 Å². The van der Waals surface area contributed by atoms with Crippen LogP contribution >= 0.6 is 27.5 Å². The van der Waals surface area contributed by atoms with Gasteiger partial charge >= 0.3 is 6.61 Å². The predicted octanol–water partition coefficient (Wildman–Crippen LogP) is 4.55. The number of hydrogen-bond donors (Lipinski definition) is 1. The van der Waals surface area contributed by atoms with Crippen molar-refractivity contribution in [1.29, 1.82) is 0 Å². The van der Waals surface area contributed by atoms with Crippen molar-refractivity contribution >= 4 is 39.1 Å². The van der Waals surface area contributed by atoms with Crippen LogP contribution in [0.25, 0.3) is 0 Å². The number of alkyl halides is 2. The Morgan fingerprint density at radius 1 is 1.35 bits per heavy atom. The standard InChI is InChI=1S/C12H7BrClF2NO3/c13-10-4-3-9(19-10)11(18)17-6-1-2-8(7(14)5-6)20-12(15)16/h1-5,12H,(H,17,18). The lowest BCUT2D eigenvalue weighted by molar-refractivity contribution is -0.0497. The Balaban J connectivity index is 2.10. The summed E-state index contributed by atoms with van der Waals surface area (Å²) in [4.78, 5) is 11.8. The third-order valence-corrected chi connectivity index (χ3v) is 2.92. The number of anilines is 1. The third kappa shape index (κ3) is 3.71. The van der Waals surface area contributed by atoms with Crippen LogP contribution in [0, 0.1) is 0 Å². The van der Waals surface area contributed by atoms with Gasteiger partial charge in [-0.2, -0.15) is 8.78 Å². The largest absolute Gasteiger partial charge is 0.444 e. The molecule has 4 nitrogen and oxygen atoms in total. The molecule has 0 aliphatic carbocycles. The Hall–Kier alpha value is -1.60. The van der Waals surface area contributed by atoms with E-state index in [0.717, 1.165) is 0 Å². The molecule has 0 radical (unpaired) electrons. The molecule has 0 saturated carbocycles. The van der Waals surface area contributed by atoms with Gasteiger partial charge in [0.25, 0.3) is 5.91 Å². The van der Waals surface area contributed by atoms with Crippen molar-refractivity contribution in [3.8, 4) is 5.75 Å². The van der Waals surface area contributed by atoms with Crippen LogP contribution < -0.4 is 10.1 Å². The summed E-state index contributed by atoms with van der Waals surface area (Å²) < 4.78 is 33.8. The van der Waals surface area contributed by atoms with Gasteiger partial charge in [-0.15, -0.1) is 0 Å². The van der Waals surface area contributed by atoms with Crippen molar-refractivity contribution in [3.05, 3.63) is 45.8 Å². The Labute approximate surface area is 125 Å². The minimum atomic E-state index is -2.96. The van der Waals surface area contributed by atoms with Crippen LogP contribution in [0.3, 0.4) is 0 Å². The molecule has 0 fully saturated rings. The first-order valence-corrected chi connectivity index (χ1v) is 6.44. The summed E-state index contributed by atoms with van der Waals surface area (Å²) in [5, 5.41) is 2.47. The summed E-state index contributed by atoms with van der Waals surface area (Å²) in [5.41, 5.74) is 0.328. The third-order valence-electron chi connectivity index (χ3n) is 2.20. The molecular formula is C12H7BrClF2NO3. The van der Waals surface area contributed by atoms with E-state index < -0.39 is 12.5 Å². The zero-order valence-corrected chi connectivity index (χ0v) is 12.0. The zero-order chi connectivity index (χ0) is 14.7. The number of nitrogens with one attached hydrogen (secondary N) is 1. The summed E-state index contributed by atoms with van der Waals surface area (Å²) in [5.74, 6) is -0.560. The molecule has 0 aliphatic rings. The molecule has 0 saturated heterocycles. The van der Waals surface area contributed by atoms with Gasteiger partial charge in [-0.1, -0.05) is 11.6 Å². The van der Waals surface area contributed by atoms with E-state index in [1.807, 2.05) is 0 Å². The van der Waals surface area contributed by atoms with Crippen molar-refractivity contribution in [2.75, 3.05) is 5.32 Å². The summed E-state index contributed by atoms with van der Waals surface area (Å²) in [6, 6.07) is 6.98. The van der Waals surface area contributed by atoms with Gasteiger partial charge in [0.2, 0.25) is 0 Å². The number of carbonyl (C=O) groups excluding carboxylic acids is 1. The topological polar surface area (TPSA) is 51.5 Å². The lowest BCUT2D eigenvalue weighted by atomic mass is 10.3. The summed E-state index contributed by atoms with van der Waals surface area (Å²) in [7, 11) is 0. The van der Waals surface area contributed by atoms with E-state index in [9.17, 15) is 13.6 Å². The highest BCUT2D eigenvalue weighted by molar-refractivity contribution is 9.10. The maximum atomic E-state index is 12.1. The van der Waals surface area contributed by atoms with Crippen LogP contribution in [-0.4, -0.2) is 12.5 Å². The Morgan fingerprint density at radius 2 is 2.10 bits per heavy atom. The summed E-state index contributed by atoms with van der Waals surface area (Å²) >= 11 is 8.84. The molecule has 2 rings (SSSR count). The first-order valence-electron chi connectivity index (χ1n) is 5.27. The fourth-order valence-corrected chi connectivity index (χ4v) is 1.93. The number of rotatable bonds is 4. The zero-order valence-electron chi connectivity index (χ0n) is 9.70. The first-order chi connectivity index (χ1) is 9.45. The monoisotopic (exact) mass is 365 g/mol. The number of amides is 1. The molecule has 0 bridgehead atoms. The average molecular weight is 367 g/mol. The molecule has 2 aromatic rings. The van der Waals surface area contributed by atoms with E-state index in [4.69, 9.17) is 16.0 Å². The van der Waals surface area contributed by atoms with Crippen molar-refractivity contribution in [2.24, 2.45) is 0 Å². The van der Waals surface area contributed by atoms with Gasteiger partial charge in [-0.25, -0.2) is 0 Å². The average Bonchev–Trinajstić information content (AvgIpc) is 2.79. The van der Waals surface area contributed by atoms with Gasteiger partial charge in [0.15, 0.2) is 10.4 Å². The number of halogens is 4. The second-order valence-corrected chi connectivity index (χ2v) is 4.77. The quantitative estimate of drug-likeness (QED) is 0.864. The minimum absolute atomic E-state index is 0.0382. The van der Waals surface area contributed by atoms with Crippen LogP contribution in [0.15, 0.2) is 39.4 Å². The molecule has 0 spiro atoms. The highest BCUT2D eigenvalue weighted by Gasteiger charge is 2.13. The fourth-order valence-electron chi connectivity index (χ4n) is 1.40. The van der Waals surface area contributed by atoms with E-state index in [1.54, 1.807) is 6.07 Å². The van der Waals surface area contributed by atoms with E-state index in [-0.39, 0.29) is 16.5 Å². The molecule has 1 heterocycles. The van der Waals surface area contributed by atoms with Crippen LogP contribution in [0.5, 0.6) is 5.75 Å². The fraction of sp³-hybridized carbons (Fsp3) is 0.0833. The number of hydrogen-bond acceptors (Lipinski definition) is 3. The Bertz CT molecular complexity index is 633. The number of carbonyl (C=O) groups is 1. The maximum absolute atomic E-state index is 12.1. The summed E-state index contributed by atoms with van der Waals surface area (Å²) in [6.07, 6.45) is 0. The SMILES string of the molecule is O=C(Nc1ccc(OC(F)F)c(Cl)c1)c1ccc(Br)o1. The normalized spacial score (nSPS) is 10.7. The summed E-state index contributed by atoms with van der Waals surface area (Å²) in [6.45, 7) is -2.96. The molecule has 1 N–H and O–H groups in total. The highest BCUT2D eigenvalue weighted by atomic mass is 79.9. The molecule has 20 heavy (non-hydrogen) atoms. The van der Waals surface area contributed by atoms with E-state index >= 15 is 0 Å². The predicted molar refractivity (Wildman–Crippen MR) is 72.4 cm³/mol. The van der Waals surface area contributed by atoms with Crippen LogP contribution in [0.2, 0.25) is 5.02 Å². The number of ether oxygens (including phenoxy) is 1. The van der Waals surface area contributed by atoms with Gasteiger partial charge < -0.3 is 14.5 Å².